The molecule has 144 valence electrons. The molecule has 2 aromatic carbocycles. The van der Waals surface area contributed by atoms with Crippen molar-refractivity contribution in [2.45, 2.75) is 18.9 Å². The summed E-state index contributed by atoms with van der Waals surface area (Å²) in [7, 11) is 0. The first-order chi connectivity index (χ1) is 13.2. The molecule has 1 unspecified atom stereocenters. The summed E-state index contributed by atoms with van der Waals surface area (Å²) in [6, 6.07) is 5.64. The first-order valence-corrected chi connectivity index (χ1v) is 8.81. The van der Waals surface area contributed by atoms with Gasteiger partial charge in [0.25, 0.3) is 5.91 Å². The van der Waals surface area contributed by atoms with E-state index in [4.69, 9.17) is 9.84 Å². The number of rotatable bonds is 3. The number of carboxylic acids is 1. The molecule has 0 aliphatic carbocycles. The molecule has 1 N–H and O–H groups in total. The van der Waals surface area contributed by atoms with E-state index in [0.717, 1.165) is 34.4 Å². The van der Waals surface area contributed by atoms with Crippen molar-refractivity contribution in [1.29, 1.82) is 0 Å². The Balaban J connectivity index is 1.92. The number of aliphatic carboxylic acids is 1. The lowest BCUT2D eigenvalue weighted by Crippen LogP contribution is -2.53. The van der Waals surface area contributed by atoms with Crippen molar-refractivity contribution in [2.24, 2.45) is 0 Å². The van der Waals surface area contributed by atoms with Crippen LogP contribution < -0.4 is 9.64 Å². The quantitative estimate of drug-likeness (QED) is 0.709. The molecule has 1 aliphatic heterocycles. The van der Waals surface area contributed by atoms with Crippen LogP contribution in [0.3, 0.4) is 0 Å². The molecule has 10 heteroatoms. The summed E-state index contributed by atoms with van der Waals surface area (Å²) in [5.41, 5.74) is -1.98. The van der Waals surface area contributed by atoms with Gasteiger partial charge in [0.15, 0.2) is 22.4 Å². The normalized spacial score (nSPS) is 18.9. The second-order valence-corrected chi connectivity index (χ2v) is 7.37. The lowest BCUT2D eigenvalue weighted by Gasteiger charge is -2.38. The minimum atomic E-state index is -1.84. The Kier molecular flexibility index (Phi) is 4.03. The summed E-state index contributed by atoms with van der Waals surface area (Å²) in [5, 5.41) is 9.14. The highest BCUT2D eigenvalue weighted by Crippen LogP contribution is 2.45. The average molecular weight is 408 g/mol. The van der Waals surface area contributed by atoms with Gasteiger partial charge in [-0.05, 0) is 31.2 Å². The molecule has 1 aliphatic rings. The molecule has 0 radical (unpaired) electrons. The van der Waals surface area contributed by atoms with E-state index in [2.05, 4.69) is 4.98 Å². The van der Waals surface area contributed by atoms with Crippen LogP contribution in [0, 0.1) is 17.5 Å². The first kappa shape index (κ1) is 18.2. The molecule has 1 atom stereocenters. The third-order valence-electron chi connectivity index (χ3n) is 4.27. The average Bonchev–Trinajstić information content (AvgIpc) is 3.03. The Bertz CT molecular complexity index is 1150. The van der Waals surface area contributed by atoms with Gasteiger partial charge in [-0.1, -0.05) is 11.3 Å². The number of hydrogen-bond donors (Lipinski definition) is 1. The van der Waals surface area contributed by atoms with Gasteiger partial charge in [-0.3, -0.25) is 9.59 Å². The van der Waals surface area contributed by atoms with Crippen LogP contribution in [-0.4, -0.2) is 27.6 Å². The van der Waals surface area contributed by atoms with Gasteiger partial charge in [0.05, 0.1) is 16.8 Å². The molecule has 1 aromatic heterocycles. The molecule has 4 rings (SSSR count). The molecular weight excluding hydrogens is 397 g/mol. The SMILES string of the molecule is CC1(CC(=O)O)Oc2cc(F)ccc2N(c2nc3c(F)c(F)ccc3s2)C1=O. The number of carboxylic acid groups (broad SMARTS) is 1. The number of hydrogen-bond acceptors (Lipinski definition) is 5. The van der Waals surface area contributed by atoms with Gasteiger partial charge in [-0.15, -0.1) is 0 Å². The first-order valence-electron chi connectivity index (χ1n) is 7.99. The van der Waals surface area contributed by atoms with Crippen molar-refractivity contribution in [1.82, 2.24) is 4.98 Å². The highest BCUT2D eigenvalue weighted by atomic mass is 32.1. The maximum Gasteiger partial charge on any atom is 0.307 e. The molecular formula is C18H11F3N2O4S. The van der Waals surface area contributed by atoms with Gasteiger partial charge in [0.1, 0.15) is 17.1 Å². The number of ether oxygens (including phenoxy) is 1. The topological polar surface area (TPSA) is 79.7 Å². The maximum absolute atomic E-state index is 14.1. The number of fused-ring (bicyclic) bond motifs is 2. The monoisotopic (exact) mass is 408 g/mol. The minimum absolute atomic E-state index is 0.0164. The molecule has 3 aromatic rings. The number of carbonyl (C=O) groups excluding carboxylic acids is 1. The van der Waals surface area contributed by atoms with E-state index < -0.39 is 41.4 Å². The molecule has 0 spiro atoms. The van der Waals surface area contributed by atoms with E-state index in [1.807, 2.05) is 0 Å². The minimum Gasteiger partial charge on any atom is -0.481 e. The van der Waals surface area contributed by atoms with Crippen LogP contribution in [-0.2, 0) is 9.59 Å². The Hall–Kier alpha value is -3.14. The smallest absolute Gasteiger partial charge is 0.307 e. The van der Waals surface area contributed by atoms with Crippen molar-refractivity contribution < 1.29 is 32.6 Å². The Morgan fingerprint density at radius 2 is 2.04 bits per heavy atom. The number of nitrogens with zero attached hydrogens (tertiary/aromatic N) is 2. The molecule has 0 saturated carbocycles. The summed E-state index contributed by atoms with van der Waals surface area (Å²) in [6.07, 6.45) is -0.688. The van der Waals surface area contributed by atoms with Crippen molar-refractivity contribution in [3.8, 4) is 5.75 Å². The van der Waals surface area contributed by atoms with E-state index in [9.17, 15) is 22.8 Å². The fourth-order valence-corrected chi connectivity index (χ4v) is 3.97. The molecule has 0 saturated heterocycles. The Labute approximate surface area is 159 Å². The number of thiazole rings is 1. The number of carbonyl (C=O) groups is 2. The fraction of sp³-hybridized carbons (Fsp3) is 0.167. The predicted octanol–water partition coefficient (Wildman–Crippen LogP) is 4.00. The van der Waals surface area contributed by atoms with E-state index >= 15 is 0 Å². The molecule has 0 fully saturated rings. The van der Waals surface area contributed by atoms with Crippen LogP contribution in [0.4, 0.5) is 24.0 Å². The van der Waals surface area contributed by atoms with Crippen molar-refractivity contribution >= 4 is 44.2 Å². The second kappa shape index (κ2) is 6.20. The van der Waals surface area contributed by atoms with Crippen molar-refractivity contribution in [3.63, 3.8) is 0 Å². The summed E-state index contributed by atoms with van der Waals surface area (Å²) in [4.78, 5) is 29.4. The van der Waals surface area contributed by atoms with Crippen LogP contribution in [0.5, 0.6) is 5.75 Å². The second-order valence-electron chi connectivity index (χ2n) is 6.36. The third kappa shape index (κ3) is 2.76. The summed E-state index contributed by atoms with van der Waals surface area (Å²) < 4.78 is 47.1. The Morgan fingerprint density at radius 1 is 1.29 bits per heavy atom. The van der Waals surface area contributed by atoms with Gasteiger partial charge < -0.3 is 9.84 Å². The van der Waals surface area contributed by atoms with Crippen LogP contribution >= 0.6 is 11.3 Å². The number of halogens is 3. The number of anilines is 2. The van der Waals surface area contributed by atoms with Gasteiger partial charge in [0.2, 0.25) is 0 Å². The molecule has 2 heterocycles. The van der Waals surface area contributed by atoms with Crippen molar-refractivity contribution in [3.05, 3.63) is 47.8 Å². The zero-order valence-electron chi connectivity index (χ0n) is 14.2. The van der Waals surface area contributed by atoms with Gasteiger partial charge in [-0.2, -0.15) is 0 Å². The maximum atomic E-state index is 14.1. The predicted molar refractivity (Wildman–Crippen MR) is 94.4 cm³/mol. The van der Waals surface area contributed by atoms with Crippen LogP contribution in [0.1, 0.15) is 13.3 Å². The van der Waals surface area contributed by atoms with Gasteiger partial charge in [-0.25, -0.2) is 23.1 Å². The number of aromatic nitrogens is 1. The lowest BCUT2D eigenvalue weighted by atomic mass is 9.97. The van der Waals surface area contributed by atoms with Crippen LogP contribution in [0.2, 0.25) is 0 Å². The lowest BCUT2D eigenvalue weighted by molar-refractivity contribution is -0.148. The summed E-state index contributed by atoms with van der Waals surface area (Å²) in [5.74, 6) is -5.02. The highest BCUT2D eigenvalue weighted by Gasteiger charge is 2.48. The van der Waals surface area contributed by atoms with E-state index in [-0.39, 0.29) is 26.8 Å². The number of amides is 1. The standard InChI is InChI=1S/C18H11F3N2O4S/c1-18(7-13(24)25)16(26)23(10-4-2-8(19)6-11(10)27-18)17-22-15-12(28-17)5-3-9(20)14(15)21/h2-6H,7H2,1H3,(H,24,25). The summed E-state index contributed by atoms with van der Waals surface area (Å²) >= 11 is 0.908. The van der Waals surface area contributed by atoms with E-state index in [1.54, 1.807) is 0 Å². The van der Waals surface area contributed by atoms with Crippen LogP contribution in [0.15, 0.2) is 30.3 Å². The zero-order chi connectivity index (χ0) is 20.2. The Morgan fingerprint density at radius 3 is 2.75 bits per heavy atom. The van der Waals surface area contributed by atoms with Gasteiger partial charge >= 0.3 is 5.97 Å². The fourth-order valence-electron chi connectivity index (χ4n) is 3.00. The van der Waals surface area contributed by atoms with Gasteiger partial charge in [0, 0.05) is 6.07 Å². The molecule has 1 amide bonds. The molecule has 6 nitrogen and oxygen atoms in total. The zero-order valence-corrected chi connectivity index (χ0v) is 15.0. The summed E-state index contributed by atoms with van der Waals surface area (Å²) in [6.45, 7) is 1.26. The van der Waals surface area contributed by atoms with E-state index in [0.29, 0.717) is 0 Å². The highest BCUT2D eigenvalue weighted by molar-refractivity contribution is 7.22. The molecule has 0 bridgehead atoms. The van der Waals surface area contributed by atoms with Crippen LogP contribution in [0.25, 0.3) is 10.2 Å². The number of benzene rings is 2. The molecule has 28 heavy (non-hydrogen) atoms. The largest absolute Gasteiger partial charge is 0.481 e. The third-order valence-corrected chi connectivity index (χ3v) is 5.28. The van der Waals surface area contributed by atoms with E-state index in [1.165, 1.54) is 19.1 Å². The van der Waals surface area contributed by atoms with Crippen molar-refractivity contribution in [2.75, 3.05) is 4.90 Å².